The Morgan fingerprint density at radius 3 is 1.90 bits per heavy atom. The lowest BCUT2D eigenvalue weighted by atomic mass is 9.81. The van der Waals surface area contributed by atoms with E-state index in [1.165, 1.54) is 11.3 Å². The van der Waals surface area contributed by atoms with Gasteiger partial charge in [-0.15, -0.1) is 0 Å². The van der Waals surface area contributed by atoms with Gasteiger partial charge in [0.25, 0.3) is 0 Å². The van der Waals surface area contributed by atoms with Gasteiger partial charge in [-0.3, -0.25) is 0 Å². The summed E-state index contributed by atoms with van der Waals surface area (Å²) >= 11 is 0. The van der Waals surface area contributed by atoms with Crippen molar-refractivity contribution in [1.29, 1.82) is 10.5 Å². The van der Waals surface area contributed by atoms with Gasteiger partial charge >= 0.3 is 0 Å². The van der Waals surface area contributed by atoms with Gasteiger partial charge in [-0.2, -0.15) is 10.5 Å². The highest BCUT2D eigenvalue weighted by molar-refractivity contribution is 5.49. The molecule has 3 nitrogen and oxygen atoms in total. The molecule has 2 rings (SSSR count). The Morgan fingerprint density at radius 2 is 1.50 bits per heavy atom. The molecule has 1 aromatic carbocycles. The van der Waals surface area contributed by atoms with Crippen LogP contribution in [0.5, 0.6) is 0 Å². The summed E-state index contributed by atoms with van der Waals surface area (Å²) in [5, 5.41) is 18.3. The van der Waals surface area contributed by atoms with Crippen molar-refractivity contribution in [1.82, 2.24) is 0 Å². The molecule has 0 atom stereocenters. The molecule has 0 spiro atoms. The fourth-order valence-electron chi connectivity index (χ4n) is 2.57. The number of hydrogen-bond acceptors (Lipinski definition) is 3. The van der Waals surface area contributed by atoms with Crippen LogP contribution in [0.4, 0.5) is 5.69 Å². The van der Waals surface area contributed by atoms with Gasteiger partial charge in [-0.05, 0) is 36.0 Å². The van der Waals surface area contributed by atoms with Crippen LogP contribution in [0, 0.1) is 28.1 Å². The minimum Gasteiger partial charge on any atom is -0.371 e. The van der Waals surface area contributed by atoms with Crippen LogP contribution >= 0.6 is 0 Å². The van der Waals surface area contributed by atoms with Crippen LogP contribution in [-0.4, -0.2) is 13.1 Å². The van der Waals surface area contributed by atoms with E-state index >= 15 is 0 Å². The molecule has 0 amide bonds. The predicted molar refractivity (Wildman–Crippen MR) is 80.2 cm³/mol. The van der Waals surface area contributed by atoms with E-state index < -0.39 is 5.41 Å². The fraction of sp³-hybridized carbons (Fsp3) is 0.529. The third-order valence-electron chi connectivity index (χ3n) is 4.14. The van der Waals surface area contributed by atoms with E-state index in [0.29, 0.717) is 12.8 Å². The number of piperidine rings is 1. The molecule has 1 aliphatic rings. The van der Waals surface area contributed by atoms with Gasteiger partial charge < -0.3 is 4.90 Å². The Morgan fingerprint density at radius 1 is 1.00 bits per heavy atom. The first kappa shape index (κ1) is 14.4. The first-order valence-corrected chi connectivity index (χ1v) is 7.08. The van der Waals surface area contributed by atoms with Gasteiger partial charge in [0, 0.05) is 18.8 Å². The summed E-state index contributed by atoms with van der Waals surface area (Å²) in [4.78, 5) is 2.26. The molecule has 0 N–H and O–H groups in total. The zero-order chi connectivity index (χ0) is 14.8. The van der Waals surface area contributed by atoms with Crippen LogP contribution < -0.4 is 4.90 Å². The van der Waals surface area contributed by atoms with Crippen LogP contribution in [0.1, 0.15) is 39.2 Å². The Hall–Kier alpha value is -2.00. The minimum absolute atomic E-state index is 0.164. The Kier molecular flexibility index (Phi) is 3.73. The summed E-state index contributed by atoms with van der Waals surface area (Å²) in [5.41, 5.74) is 1.89. The summed E-state index contributed by atoms with van der Waals surface area (Å²) in [6.07, 6.45) is 1.25. The predicted octanol–water partition coefficient (Wildman–Crippen LogP) is 3.62. The second-order valence-corrected chi connectivity index (χ2v) is 6.59. The zero-order valence-electron chi connectivity index (χ0n) is 12.5. The smallest absolute Gasteiger partial charge is 0.147 e. The first-order chi connectivity index (χ1) is 9.40. The average Bonchev–Trinajstić information content (AvgIpc) is 2.47. The fourth-order valence-corrected chi connectivity index (χ4v) is 2.57. The number of rotatable bonds is 1. The molecular formula is C17H21N3. The van der Waals surface area contributed by atoms with E-state index in [-0.39, 0.29) is 5.41 Å². The van der Waals surface area contributed by atoms with Crippen molar-refractivity contribution in [3.05, 3.63) is 29.8 Å². The lowest BCUT2D eigenvalue weighted by Crippen LogP contribution is -2.38. The molecule has 1 fully saturated rings. The molecule has 0 saturated carbocycles. The van der Waals surface area contributed by atoms with Crippen LogP contribution in [0.25, 0.3) is 0 Å². The first-order valence-electron chi connectivity index (χ1n) is 7.08. The zero-order valence-corrected chi connectivity index (χ0v) is 12.5. The topological polar surface area (TPSA) is 50.8 Å². The molecule has 1 saturated heterocycles. The molecule has 1 aromatic rings. The number of anilines is 1. The summed E-state index contributed by atoms with van der Waals surface area (Å²) in [7, 11) is 0. The second kappa shape index (κ2) is 5.17. The van der Waals surface area contributed by atoms with Gasteiger partial charge in [0.2, 0.25) is 0 Å². The van der Waals surface area contributed by atoms with Gasteiger partial charge in [-0.1, -0.05) is 32.9 Å². The average molecular weight is 267 g/mol. The molecule has 0 aromatic heterocycles. The van der Waals surface area contributed by atoms with Crippen LogP contribution in [-0.2, 0) is 5.41 Å². The number of hydrogen-bond donors (Lipinski definition) is 0. The van der Waals surface area contributed by atoms with Crippen LogP contribution in [0.2, 0.25) is 0 Å². The van der Waals surface area contributed by atoms with Crippen molar-refractivity contribution < 1.29 is 0 Å². The molecule has 0 radical (unpaired) electrons. The van der Waals surface area contributed by atoms with E-state index in [4.69, 9.17) is 10.5 Å². The number of nitrogens with zero attached hydrogens (tertiary/aromatic N) is 3. The van der Waals surface area contributed by atoms with Gasteiger partial charge in [0.05, 0.1) is 12.1 Å². The van der Waals surface area contributed by atoms with Crippen LogP contribution in [0.15, 0.2) is 24.3 Å². The van der Waals surface area contributed by atoms with Crippen molar-refractivity contribution in [2.75, 3.05) is 18.0 Å². The highest BCUT2D eigenvalue weighted by Gasteiger charge is 2.34. The summed E-state index contributed by atoms with van der Waals surface area (Å²) in [6.45, 7) is 8.16. The lowest BCUT2D eigenvalue weighted by molar-refractivity contribution is 0.393. The molecule has 1 aliphatic heterocycles. The van der Waals surface area contributed by atoms with Crippen molar-refractivity contribution in [3.8, 4) is 12.1 Å². The maximum Gasteiger partial charge on any atom is 0.147 e. The molecule has 0 unspecified atom stereocenters. The van der Waals surface area contributed by atoms with Crippen molar-refractivity contribution in [2.24, 2.45) is 5.41 Å². The minimum atomic E-state index is -0.776. The Labute approximate surface area is 121 Å². The quantitative estimate of drug-likeness (QED) is 0.781. The number of nitriles is 2. The summed E-state index contributed by atoms with van der Waals surface area (Å²) in [6, 6.07) is 13.0. The molecule has 0 bridgehead atoms. The van der Waals surface area contributed by atoms with E-state index in [0.717, 1.165) is 13.1 Å². The third-order valence-corrected chi connectivity index (χ3v) is 4.14. The normalized spacial score (nSPS) is 18.1. The third kappa shape index (κ3) is 2.78. The second-order valence-electron chi connectivity index (χ2n) is 6.59. The van der Waals surface area contributed by atoms with Gasteiger partial charge in [-0.25, -0.2) is 0 Å². The van der Waals surface area contributed by atoms with E-state index in [1.54, 1.807) is 0 Å². The lowest BCUT2D eigenvalue weighted by Gasteiger charge is -2.35. The molecule has 0 aliphatic carbocycles. The van der Waals surface area contributed by atoms with Gasteiger partial charge in [0.15, 0.2) is 0 Å². The molecule has 1 heterocycles. The molecular weight excluding hydrogens is 246 g/mol. The standard InChI is InChI=1S/C17H21N3/c1-16(2,3)14-4-6-15(7-5-14)20-10-8-17(12-18,13-19)9-11-20/h4-7H,8-11H2,1-3H3. The maximum atomic E-state index is 9.13. The summed E-state index contributed by atoms with van der Waals surface area (Å²) in [5.74, 6) is 0. The molecule has 20 heavy (non-hydrogen) atoms. The van der Waals surface area contributed by atoms with Crippen LogP contribution in [0.3, 0.4) is 0 Å². The summed E-state index contributed by atoms with van der Waals surface area (Å²) < 4.78 is 0. The van der Waals surface area contributed by atoms with E-state index in [1.807, 2.05) is 0 Å². The van der Waals surface area contributed by atoms with Crippen molar-refractivity contribution >= 4 is 5.69 Å². The van der Waals surface area contributed by atoms with Crippen molar-refractivity contribution in [3.63, 3.8) is 0 Å². The molecule has 3 heteroatoms. The van der Waals surface area contributed by atoms with Gasteiger partial charge in [0.1, 0.15) is 5.41 Å². The van der Waals surface area contributed by atoms with Crippen molar-refractivity contribution in [2.45, 2.75) is 39.0 Å². The SMILES string of the molecule is CC(C)(C)c1ccc(N2CCC(C#N)(C#N)CC2)cc1. The van der Waals surface area contributed by atoms with E-state index in [2.05, 4.69) is 62.1 Å². The largest absolute Gasteiger partial charge is 0.371 e. The maximum absolute atomic E-state index is 9.13. The number of benzene rings is 1. The highest BCUT2D eigenvalue weighted by atomic mass is 15.1. The Bertz CT molecular complexity index is 528. The monoisotopic (exact) mass is 267 g/mol. The Balaban J connectivity index is 2.09. The molecule has 104 valence electrons. The van der Waals surface area contributed by atoms with E-state index in [9.17, 15) is 0 Å². The highest BCUT2D eigenvalue weighted by Crippen LogP contribution is 2.33.